The van der Waals surface area contributed by atoms with E-state index in [1.165, 1.54) is 0 Å². The summed E-state index contributed by atoms with van der Waals surface area (Å²) >= 11 is 0. The highest BCUT2D eigenvalue weighted by molar-refractivity contribution is 7.34. The highest BCUT2D eigenvalue weighted by Crippen LogP contribution is 2.24. The standard InChI is InChI=1S/C14H16N7P/c15-13(18-16)7-5-10-9-3-1-2-4-11(9)17-12(10)6-8-14-19-21-22-20-14/h1-8,17,21-22H,16H2,(H2,15,18)(H,19,20)/b7-5+,8-6+. The van der Waals surface area contributed by atoms with Gasteiger partial charge in [0.25, 0.3) is 0 Å². The molecule has 0 bridgehead atoms. The molecular weight excluding hydrogens is 297 g/mol. The largest absolute Gasteiger partial charge is 0.382 e. The molecule has 3 rings (SSSR count). The van der Waals surface area contributed by atoms with Gasteiger partial charge in [-0.15, -0.1) is 0 Å². The Kier molecular flexibility index (Phi) is 4.07. The van der Waals surface area contributed by atoms with Crippen LogP contribution in [0.25, 0.3) is 23.1 Å². The second-order valence-corrected chi connectivity index (χ2v) is 5.30. The van der Waals surface area contributed by atoms with Gasteiger partial charge < -0.3 is 21.6 Å². The number of amidine groups is 2. The van der Waals surface area contributed by atoms with E-state index in [-0.39, 0.29) is 5.84 Å². The van der Waals surface area contributed by atoms with Gasteiger partial charge in [-0.3, -0.25) is 5.20 Å². The second-order valence-electron chi connectivity index (χ2n) is 4.58. The molecule has 0 spiro atoms. The average Bonchev–Trinajstić information content (AvgIpc) is 3.18. The predicted molar refractivity (Wildman–Crippen MR) is 94.2 cm³/mol. The molecule has 0 radical (unpaired) electrons. The Balaban J connectivity index is 2.02. The molecule has 0 aliphatic carbocycles. The number of nitrogens with zero attached hydrogens (tertiary/aromatic N) is 2. The Morgan fingerprint density at radius 1 is 1.23 bits per heavy atom. The number of hydrogen-bond donors (Lipinski definition) is 5. The highest BCUT2D eigenvalue weighted by atomic mass is 31.1. The van der Waals surface area contributed by atoms with E-state index in [2.05, 4.69) is 25.5 Å². The number of hydrazone groups is 2. The summed E-state index contributed by atoms with van der Waals surface area (Å²) < 4.78 is 0. The van der Waals surface area contributed by atoms with Gasteiger partial charge in [0, 0.05) is 22.2 Å². The molecule has 112 valence electrons. The van der Waals surface area contributed by atoms with Crippen LogP contribution in [0, 0.1) is 0 Å². The van der Waals surface area contributed by atoms with Gasteiger partial charge >= 0.3 is 0 Å². The van der Waals surface area contributed by atoms with Crippen LogP contribution in [0.4, 0.5) is 0 Å². The lowest BCUT2D eigenvalue weighted by molar-refractivity contribution is 1.13. The van der Waals surface area contributed by atoms with Crippen molar-refractivity contribution in [3.63, 3.8) is 0 Å². The van der Waals surface area contributed by atoms with Crippen LogP contribution < -0.4 is 21.9 Å². The fraction of sp³-hybridized carbons (Fsp3) is 0. The van der Waals surface area contributed by atoms with E-state index in [0.717, 1.165) is 28.0 Å². The molecule has 2 heterocycles. The molecule has 2 aromatic rings. The van der Waals surface area contributed by atoms with Crippen LogP contribution in [0.5, 0.6) is 0 Å². The van der Waals surface area contributed by atoms with Gasteiger partial charge in [0.1, 0.15) is 5.84 Å². The first kappa shape index (κ1) is 14.2. The minimum atomic E-state index is 0.271. The quantitative estimate of drug-likeness (QED) is 0.193. The van der Waals surface area contributed by atoms with Crippen LogP contribution in [0.2, 0.25) is 0 Å². The number of benzene rings is 1. The van der Waals surface area contributed by atoms with Crippen molar-refractivity contribution in [1.29, 1.82) is 0 Å². The Labute approximate surface area is 129 Å². The van der Waals surface area contributed by atoms with Gasteiger partial charge in [0.05, 0.1) is 8.88 Å². The lowest BCUT2D eigenvalue weighted by atomic mass is 10.1. The van der Waals surface area contributed by atoms with Crippen molar-refractivity contribution < 1.29 is 0 Å². The molecule has 0 saturated carbocycles. The van der Waals surface area contributed by atoms with Crippen LogP contribution in [0.15, 0.2) is 46.6 Å². The van der Waals surface area contributed by atoms with E-state index in [4.69, 9.17) is 11.6 Å². The normalized spacial score (nSPS) is 16.5. The summed E-state index contributed by atoms with van der Waals surface area (Å²) in [5.74, 6) is 6.23. The first-order valence-corrected chi connectivity index (χ1v) is 7.62. The second kappa shape index (κ2) is 6.32. The maximum atomic E-state index is 5.63. The molecule has 7 nitrogen and oxygen atoms in total. The van der Waals surface area contributed by atoms with Crippen molar-refractivity contribution in [3.05, 3.63) is 47.7 Å². The van der Waals surface area contributed by atoms with E-state index in [0.29, 0.717) is 8.88 Å². The van der Waals surface area contributed by atoms with Gasteiger partial charge in [0.2, 0.25) is 0 Å². The molecule has 0 fully saturated rings. The third kappa shape index (κ3) is 2.94. The van der Waals surface area contributed by atoms with Crippen molar-refractivity contribution in [3.8, 4) is 0 Å². The predicted octanol–water partition coefficient (Wildman–Crippen LogP) is 1.44. The maximum Gasteiger partial charge on any atom is 0.150 e. The number of para-hydroxylation sites is 1. The van der Waals surface area contributed by atoms with Gasteiger partial charge in [-0.1, -0.05) is 18.2 Å². The number of aromatic amines is 1. The number of hydrogen-bond acceptors (Lipinski definition) is 5. The van der Waals surface area contributed by atoms with E-state index in [1.54, 1.807) is 6.08 Å². The van der Waals surface area contributed by atoms with Gasteiger partial charge in [-0.05, 0) is 30.4 Å². The van der Waals surface area contributed by atoms with Crippen LogP contribution in [0.1, 0.15) is 11.3 Å². The van der Waals surface area contributed by atoms with E-state index in [9.17, 15) is 0 Å². The minimum Gasteiger partial charge on any atom is -0.382 e. The molecule has 1 aromatic carbocycles. The summed E-state index contributed by atoms with van der Waals surface area (Å²) in [5, 5.41) is 14.7. The van der Waals surface area contributed by atoms with Crippen LogP contribution in [0.3, 0.4) is 0 Å². The van der Waals surface area contributed by atoms with Crippen LogP contribution >= 0.6 is 8.88 Å². The van der Waals surface area contributed by atoms with E-state index < -0.39 is 0 Å². The fourth-order valence-corrected chi connectivity index (χ4v) is 2.66. The van der Waals surface area contributed by atoms with Gasteiger partial charge in [-0.2, -0.15) is 10.2 Å². The smallest absolute Gasteiger partial charge is 0.150 e. The van der Waals surface area contributed by atoms with Gasteiger partial charge in [0.15, 0.2) is 5.84 Å². The van der Waals surface area contributed by atoms with Crippen molar-refractivity contribution in [2.75, 3.05) is 0 Å². The van der Waals surface area contributed by atoms with E-state index >= 15 is 0 Å². The summed E-state index contributed by atoms with van der Waals surface area (Å²) in [6.07, 6.45) is 7.46. The zero-order valence-electron chi connectivity index (χ0n) is 11.7. The Hall–Kier alpha value is -2.79. The lowest BCUT2D eigenvalue weighted by Crippen LogP contribution is -2.09. The molecule has 1 unspecified atom stereocenters. The molecular formula is C14H16N7P. The van der Waals surface area contributed by atoms with Gasteiger partial charge in [-0.25, -0.2) is 0 Å². The molecule has 1 aromatic heterocycles. The Morgan fingerprint density at radius 2 is 2.09 bits per heavy atom. The maximum absolute atomic E-state index is 5.63. The number of nitrogens with two attached hydrogens (primary N) is 2. The zero-order chi connectivity index (χ0) is 15.4. The molecule has 1 atom stereocenters. The SMILES string of the molecule is N/N=C(N)/C=C/c1c(/C=C/C2=NNPN2)[nH]c2ccccc12. The molecule has 22 heavy (non-hydrogen) atoms. The third-order valence-electron chi connectivity index (χ3n) is 3.18. The number of H-pyrrole nitrogens is 1. The molecule has 0 saturated heterocycles. The number of aromatic nitrogens is 1. The summed E-state index contributed by atoms with van der Waals surface area (Å²) in [4.78, 5) is 3.38. The number of rotatable bonds is 4. The first-order valence-electron chi connectivity index (χ1n) is 6.62. The molecule has 8 heteroatoms. The monoisotopic (exact) mass is 313 g/mol. The van der Waals surface area contributed by atoms with Crippen LogP contribution in [-0.2, 0) is 0 Å². The van der Waals surface area contributed by atoms with Crippen molar-refractivity contribution in [2.24, 2.45) is 21.8 Å². The zero-order valence-corrected chi connectivity index (χ0v) is 12.7. The topological polar surface area (TPSA) is 117 Å². The molecule has 0 amide bonds. The lowest BCUT2D eigenvalue weighted by Gasteiger charge is -1.95. The summed E-state index contributed by atoms with van der Waals surface area (Å²) in [5.41, 5.74) is 8.66. The summed E-state index contributed by atoms with van der Waals surface area (Å²) in [6.45, 7) is 0. The number of nitrogens with one attached hydrogen (secondary N) is 3. The molecule has 7 N–H and O–H groups in total. The molecule has 1 aliphatic rings. The van der Waals surface area contributed by atoms with Crippen molar-refractivity contribution >= 4 is 43.6 Å². The first-order chi connectivity index (χ1) is 10.8. The Bertz CT molecular complexity index is 801. The average molecular weight is 313 g/mol. The Morgan fingerprint density at radius 3 is 2.86 bits per heavy atom. The minimum absolute atomic E-state index is 0.271. The fourth-order valence-electron chi connectivity index (χ4n) is 2.16. The van der Waals surface area contributed by atoms with E-state index in [1.807, 2.05) is 42.5 Å². The highest BCUT2D eigenvalue weighted by Gasteiger charge is 2.07. The third-order valence-corrected chi connectivity index (χ3v) is 3.78. The number of fused-ring (bicyclic) bond motifs is 1. The molecule has 1 aliphatic heterocycles. The van der Waals surface area contributed by atoms with Crippen LogP contribution in [-0.4, -0.2) is 16.7 Å². The summed E-state index contributed by atoms with van der Waals surface area (Å²) in [7, 11) is 0.416. The van der Waals surface area contributed by atoms with Crippen molar-refractivity contribution in [2.45, 2.75) is 0 Å². The summed E-state index contributed by atoms with van der Waals surface area (Å²) in [6, 6.07) is 8.06. The van der Waals surface area contributed by atoms with Crippen molar-refractivity contribution in [1.82, 2.24) is 15.3 Å².